The van der Waals surface area contributed by atoms with Crippen LogP contribution in [0.25, 0.3) is 22.2 Å². The number of allylic oxidation sites excluding steroid dienone is 1. The quantitative estimate of drug-likeness (QED) is 0.123. The van der Waals surface area contributed by atoms with Gasteiger partial charge in [-0.15, -0.1) is 0 Å². The molecular weight excluding hydrogens is 669 g/mol. The molecule has 2 fully saturated rings. The average molecular weight is 733 g/mol. The molecular formula is C43H64N4O4S. The molecule has 286 valence electrons. The van der Waals surface area contributed by atoms with Gasteiger partial charge in [-0.2, -0.15) is 0 Å². The Morgan fingerprint density at radius 3 is 2.35 bits per heavy atom. The number of aliphatic hydroxyl groups is 1. The van der Waals surface area contributed by atoms with Gasteiger partial charge in [-0.25, -0.2) is 0 Å². The summed E-state index contributed by atoms with van der Waals surface area (Å²) in [6.45, 7) is 15.1. The van der Waals surface area contributed by atoms with Crippen molar-refractivity contribution in [1.82, 2.24) is 14.2 Å². The van der Waals surface area contributed by atoms with E-state index in [9.17, 15) is 14.7 Å². The van der Waals surface area contributed by atoms with E-state index in [-0.39, 0.29) is 29.9 Å². The third-order valence-corrected chi connectivity index (χ3v) is 11.3. The van der Waals surface area contributed by atoms with E-state index in [0.717, 1.165) is 48.8 Å². The van der Waals surface area contributed by atoms with Gasteiger partial charge in [-0.1, -0.05) is 71.4 Å². The Labute approximate surface area is 318 Å². The minimum Gasteiger partial charge on any atom is -0.497 e. The summed E-state index contributed by atoms with van der Waals surface area (Å²) in [7, 11) is 5.42. The molecule has 2 amide bonds. The summed E-state index contributed by atoms with van der Waals surface area (Å²) < 4.78 is 9.76. The van der Waals surface area contributed by atoms with Gasteiger partial charge >= 0.3 is 0 Å². The van der Waals surface area contributed by atoms with Gasteiger partial charge in [0.15, 0.2) is 0 Å². The molecule has 4 N–H and O–H groups in total. The van der Waals surface area contributed by atoms with Crippen LogP contribution in [-0.4, -0.2) is 59.6 Å². The summed E-state index contributed by atoms with van der Waals surface area (Å²) in [6, 6.07) is 12.1. The minimum atomic E-state index is -0.629. The maximum absolute atomic E-state index is 14.6. The Morgan fingerprint density at radius 1 is 1.12 bits per heavy atom. The van der Waals surface area contributed by atoms with Crippen LogP contribution in [0, 0.1) is 10.8 Å². The van der Waals surface area contributed by atoms with Crippen LogP contribution < -0.4 is 15.8 Å². The third-order valence-electron chi connectivity index (χ3n) is 11.3. The van der Waals surface area contributed by atoms with Crippen LogP contribution in [0.2, 0.25) is 0 Å². The molecule has 9 heteroatoms. The molecule has 3 atom stereocenters. The zero-order valence-electron chi connectivity index (χ0n) is 33.4. The number of nitrogens with two attached hydrogens (primary N) is 1. The molecule has 2 aromatic carbocycles. The van der Waals surface area contributed by atoms with E-state index in [2.05, 4.69) is 75.5 Å². The maximum atomic E-state index is 14.6. The second-order valence-corrected chi connectivity index (χ2v) is 16.8. The van der Waals surface area contributed by atoms with Gasteiger partial charge in [0.05, 0.1) is 18.2 Å². The lowest BCUT2D eigenvalue weighted by atomic mass is 9.81. The normalized spacial score (nSPS) is 19.8. The van der Waals surface area contributed by atoms with E-state index < -0.39 is 11.3 Å². The van der Waals surface area contributed by atoms with Crippen LogP contribution in [0.4, 0.5) is 0 Å². The molecule has 1 aliphatic heterocycles. The first-order chi connectivity index (χ1) is 24.6. The molecule has 8 nitrogen and oxygen atoms in total. The van der Waals surface area contributed by atoms with E-state index in [0.29, 0.717) is 18.0 Å². The fourth-order valence-corrected chi connectivity index (χ4v) is 8.33. The van der Waals surface area contributed by atoms with Crippen molar-refractivity contribution in [3.63, 3.8) is 0 Å². The summed E-state index contributed by atoms with van der Waals surface area (Å²) >= 11 is 3.80. The van der Waals surface area contributed by atoms with Gasteiger partial charge in [-0.05, 0) is 125 Å². The number of aromatic nitrogens is 1. The van der Waals surface area contributed by atoms with E-state index in [1.807, 2.05) is 46.1 Å². The molecule has 1 unspecified atom stereocenters. The lowest BCUT2D eigenvalue weighted by Crippen LogP contribution is -2.41. The first-order valence-electron chi connectivity index (χ1n) is 19.2. The number of ether oxygens (including phenoxy) is 1. The van der Waals surface area contributed by atoms with E-state index in [4.69, 9.17) is 10.5 Å². The molecule has 3 aliphatic rings. The number of aliphatic hydroxyl groups excluding tert-OH is 1. The first kappa shape index (κ1) is 41.5. The van der Waals surface area contributed by atoms with Gasteiger partial charge in [0, 0.05) is 47.1 Å². The van der Waals surface area contributed by atoms with Crippen molar-refractivity contribution < 1.29 is 19.4 Å². The van der Waals surface area contributed by atoms with E-state index in [1.165, 1.54) is 52.8 Å². The number of hydrogen-bond donors (Lipinski definition) is 4. The molecule has 2 heterocycles. The predicted octanol–water partition coefficient (Wildman–Crippen LogP) is 9.01. The van der Waals surface area contributed by atoms with E-state index >= 15 is 0 Å². The van der Waals surface area contributed by atoms with Crippen molar-refractivity contribution in [1.29, 1.82) is 0 Å². The zero-order valence-corrected chi connectivity index (χ0v) is 34.3. The molecule has 3 aromatic rings. The summed E-state index contributed by atoms with van der Waals surface area (Å²) in [4.78, 5) is 27.0. The molecule has 2 aliphatic carbocycles. The fraction of sp³-hybridized carbons (Fsp3) is 0.581. The molecule has 0 radical (unpaired) electrons. The SMILES string of the molecule is CC.CN(C)S.COc1ccc2c(c1)C1C[C@]1(C(=O)N[C@@H](C)C(CCC(C)(C)CO)=C(C)C)Cn1c-2c(C2CCCCC2)c2ccc(C(N)=O)cc21. The number of nitrogens with zero attached hydrogens (tertiary/aromatic N) is 2. The van der Waals surface area contributed by atoms with Gasteiger partial charge < -0.3 is 25.5 Å². The van der Waals surface area contributed by atoms with Crippen molar-refractivity contribution >= 4 is 35.5 Å². The number of thiol groups is 1. The Morgan fingerprint density at radius 2 is 1.77 bits per heavy atom. The summed E-state index contributed by atoms with van der Waals surface area (Å²) in [5.74, 6) is 0.899. The van der Waals surface area contributed by atoms with Crippen molar-refractivity contribution in [2.75, 3.05) is 27.8 Å². The fourth-order valence-electron chi connectivity index (χ4n) is 8.33. The number of rotatable bonds is 10. The number of carbonyl (C=O) groups is 2. The molecule has 1 aromatic heterocycles. The average Bonchev–Trinajstić information content (AvgIpc) is 3.79. The van der Waals surface area contributed by atoms with Crippen LogP contribution in [0.1, 0.15) is 133 Å². The number of benzene rings is 2. The molecule has 2 saturated carbocycles. The smallest absolute Gasteiger partial charge is 0.248 e. The van der Waals surface area contributed by atoms with Crippen LogP contribution in [0.3, 0.4) is 0 Å². The molecule has 52 heavy (non-hydrogen) atoms. The topological polar surface area (TPSA) is 110 Å². The predicted molar refractivity (Wildman–Crippen MR) is 218 cm³/mol. The summed E-state index contributed by atoms with van der Waals surface area (Å²) in [5.41, 5.74) is 13.8. The Balaban J connectivity index is 0.000000944. The largest absolute Gasteiger partial charge is 0.497 e. The van der Waals surface area contributed by atoms with Crippen molar-refractivity contribution in [3.05, 3.63) is 64.2 Å². The number of nitrogens with one attached hydrogen (secondary N) is 1. The number of amides is 2. The second-order valence-electron chi connectivity index (χ2n) is 16.0. The summed E-state index contributed by atoms with van der Waals surface area (Å²) in [6.07, 6.45) is 8.37. The Bertz CT molecular complexity index is 1760. The highest BCUT2D eigenvalue weighted by Gasteiger charge is 2.63. The monoisotopic (exact) mass is 732 g/mol. The lowest BCUT2D eigenvalue weighted by Gasteiger charge is -2.27. The molecule has 6 rings (SSSR count). The second kappa shape index (κ2) is 17.3. The minimum absolute atomic E-state index is 0.0572. The molecule has 0 spiro atoms. The van der Waals surface area contributed by atoms with Crippen molar-refractivity contribution in [2.24, 2.45) is 16.6 Å². The number of methoxy groups -OCH3 is 1. The first-order valence-corrected chi connectivity index (χ1v) is 19.6. The van der Waals surface area contributed by atoms with Crippen LogP contribution in [-0.2, 0) is 11.3 Å². The van der Waals surface area contributed by atoms with Gasteiger partial charge in [0.1, 0.15) is 5.75 Å². The Kier molecular flexibility index (Phi) is 13.8. The van der Waals surface area contributed by atoms with Crippen molar-refractivity contribution in [3.8, 4) is 17.0 Å². The van der Waals surface area contributed by atoms with Crippen molar-refractivity contribution in [2.45, 2.75) is 124 Å². The number of fused-ring (bicyclic) bond motifs is 7. The van der Waals surface area contributed by atoms with E-state index in [1.54, 1.807) is 11.4 Å². The Hall–Kier alpha value is -3.27. The van der Waals surface area contributed by atoms with Crippen LogP contribution in [0.5, 0.6) is 5.75 Å². The third kappa shape index (κ3) is 8.74. The van der Waals surface area contributed by atoms with Gasteiger partial charge in [-0.3, -0.25) is 13.9 Å². The van der Waals surface area contributed by atoms with Crippen LogP contribution >= 0.6 is 12.8 Å². The van der Waals surface area contributed by atoms with Gasteiger partial charge in [0.25, 0.3) is 0 Å². The number of carbonyl (C=O) groups excluding carboxylic acids is 2. The number of hydrogen-bond acceptors (Lipinski definition) is 6. The van der Waals surface area contributed by atoms with Crippen LogP contribution in [0.15, 0.2) is 47.5 Å². The number of primary amides is 1. The summed E-state index contributed by atoms with van der Waals surface area (Å²) in [5, 5.41) is 14.5. The van der Waals surface area contributed by atoms with Gasteiger partial charge in [0.2, 0.25) is 11.8 Å². The molecule has 0 bridgehead atoms. The highest BCUT2D eigenvalue weighted by molar-refractivity contribution is 7.77. The lowest BCUT2D eigenvalue weighted by molar-refractivity contribution is -0.127. The highest BCUT2D eigenvalue weighted by atomic mass is 32.1. The zero-order chi connectivity index (χ0) is 38.5. The highest BCUT2D eigenvalue weighted by Crippen LogP contribution is 2.65. The maximum Gasteiger partial charge on any atom is 0.248 e. The standard InChI is InChI=1S/C39H51N3O4.C2H7NS.C2H6/c1-23(2)28(16-17-38(4,5)22-43)24(3)41-37(45)39-20-32(39)31-19-27(46-6)13-15-29(31)35-34(25-10-8-7-9-11-25)30-14-12-26(36(40)44)18-33(30)42(35)21-39;1-3(2)4;1-2/h12-15,18-19,24-25,32,43H,7-11,16-17,20-22H2,1-6H3,(H2,40,44)(H,41,45);4H,1-2H3;1-2H3/t24-,32?,39-;;/m0../s1. The molecule has 0 saturated heterocycles.